The number of carbonyl (C=O) groups excluding carboxylic acids is 2. The van der Waals surface area contributed by atoms with Crippen molar-refractivity contribution in [3.05, 3.63) is 128 Å². The topological polar surface area (TPSA) is 72.2 Å². The molecule has 0 heterocycles. The van der Waals surface area contributed by atoms with E-state index in [4.69, 9.17) is 17.3 Å². The van der Waals surface area contributed by atoms with E-state index in [1.807, 2.05) is 84.9 Å². The minimum absolute atomic E-state index is 0. The molecule has 1 amide bonds. The molecule has 3 N–H and O–H groups in total. The van der Waals surface area contributed by atoms with E-state index >= 15 is 0 Å². The van der Waals surface area contributed by atoms with Gasteiger partial charge in [-0.15, -0.1) is 0 Å². The molecule has 4 rings (SSSR count). The normalized spacial score (nSPS) is 10.3. The largest absolute Gasteiger partial charge is 0.398 e. The van der Waals surface area contributed by atoms with Crippen LogP contribution in [0.3, 0.4) is 0 Å². The Kier molecular flexibility index (Phi) is 16.9. The van der Waals surface area contributed by atoms with Gasteiger partial charge in [0.1, 0.15) is 0 Å². The molecule has 4 aromatic rings. The Balaban J connectivity index is 0.000000661. The van der Waals surface area contributed by atoms with E-state index in [9.17, 15) is 9.59 Å². The van der Waals surface area contributed by atoms with E-state index in [-0.39, 0.29) is 32.6 Å². The Morgan fingerprint density at radius 3 is 1.40 bits per heavy atom. The van der Waals surface area contributed by atoms with E-state index in [1.54, 1.807) is 12.1 Å². The molecule has 4 nitrogen and oxygen atoms in total. The summed E-state index contributed by atoms with van der Waals surface area (Å²) in [4.78, 5) is 23.0. The van der Waals surface area contributed by atoms with Crippen molar-refractivity contribution in [2.45, 2.75) is 59.8 Å². The highest BCUT2D eigenvalue weighted by Gasteiger charge is 2.15. The van der Waals surface area contributed by atoms with E-state index in [0.29, 0.717) is 11.1 Å². The molecule has 227 valence electrons. The first kappa shape index (κ1) is 40.1. The van der Waals surface area contributed by atoms with Crippen LogP contribution >= 0.6 is 43.5 Å². The van der Waals surface area contributed by atoms with Crippen LogP contribution in [0.5, 0.6) is 0 Å². The Bertz CT molecular complexity index is 1430. The monoisotopic (exact) mass is 725 g/mol. The van der Waals surface area contributed by atoms with Crippen LogP contribution in [0.4, 0.5) is 11.4 Å². The summed E-state index contributed by atoms with van der Waals surface area (Å²) in [5.74, 6) is -0.0997. The first-order valence-electron chi connectivity index (χ1n) is 13.1. The van der Waals surface area contributed by atoms with E-state index in [2.05, 4.69) is 78.7 Å². The number of carbonyl (C=O) groups is 2. The maximum atomic E-state index is 12.2. The predicted molar refractivity (Wildman–Crippen MR) is 194 cm³/mol. The molecule has 0 aliphatic rings. The summed E-state index contributed by atoms with van der Waals surface area (Å²) in [7, 11) is 0. The van der Waals surface area contributed by atoms with Gasteiger partial charge in [0, 0.05) is 34.2 Å². The zero-order valence-electron chi connectivity index (χ0n) is 24.8. The van der Waals surface area contributed by atoms with Crippen LogP contribution in [0.15, 0.2) is 106 Å². The predicted octanol–water partition coefficient (Wildman–Crippen LogP) is 10.6. The van der Waals surface area contributed by atoms with Crippen molar-refractivity contribution in [1.29, 1.82) is 0 Å². The third-order valence-corrected chi connectivity index (χ3v) is 7.65. The van der Waals surface area contributed by atoms with Gasteiger partial charge in [-0.25, -0.2) is 0 Å². The average molecular weight is 728 g/mol. The fourth-order valence-corrected chi connectivity index (χ4v) is 4.25. The number of hydrogen-bond acceptors (Lipinski definition) is 3. The highest BCUT2D eigenvalue weighted by Crippen LogP contribution is 2.25. The standard InChI is InChI=1S/C17H18BrNO.C11H13ClO.C6H6BrN.CH4.B/c1-17(2,3)13-10-8-12(9-11-13)16(20)19-15-7-5-4-6-14(15)18;1-11(2,3)9-6-4-8(5-7-9)10(12)13;7-5-3-1-2-4-6(5)8;;/h4-11H,1-3H3,(H,19,20);4-7H,1-3H3;1-4H,8H2;1H4;. The average Bonchev–Trinajstić information content (AvgIpc) is 2.91. The molecule has 0 saturated carbocycles. The second-order valence-electron chi connectivity index (χ2n) is 11.4. The summed E-state index contributed by atoms with van der Waals surface area (Å²) < 4.78 is 1.83. The molecule has 4 aromatic carbocycles. The molecule has 0 aliphatic heterocycles. The van der Waals surface area contributed by atoms with Crippen LogP contribution in [0, 0.1) is 0 Å². The molecule has 3 radical (unpaired) electrons. The van der Waals surface area contributed by atoms with Crippen LogP contribution in [-0.4, -0.2) is 19.6 Å². The van der Waals surface area contributed by atoms with Gasteiger partial charge in [0.15, 0.2) is 0 Å². The highest BCUT2D eigenvalue weighted by molar-refractivity contribution is 9.11. The molecule has 0 aromatic heterocycles. The molecule has 0 spiro atoms. The van der Waals surface area contributed by atoms with Crippen molar-refractivity contribution in [3.8, 4) is 0 Å². The molecule has 0 atom stereocenters. The summed E-state index contributed by atoms with van der Waals surface area (Å²) in [5.41, 5.74) is 10.9. The second kappa shape index (κ2) is 18.1. The Labute approximate surface area is 281 Å². The van der Waals surface area contributed by atoms with Gasteiger partial charge < -0.3 is 11.1 Å². The highest BCUT2D eigenvalue weighted by atomic mass is 79.9. The lowest BCUT2D eigenvalue weighted by atomic mass is 9.87. The lowest BCUT2D eigenvalue weighted by Gasteiger charge is -2.19. The van der Waals surface area contributed by atoms with Crippen LogP contribution < -0.4 is 11.1 Å². The summed E-state index contributed by atoms with van der Waals surface area (Å²) in [5, 5.41) is 2.50. The zero-order chi connectivity index (χ0) is 30.8. The molecular formula is C35H41BBr2ClN2O2. The van der Waals surface area contributed by atoms with Crippen molar-refractivity contribution < 1.29 is 9.59 Å². The smallest absolute Gasteiger partial charge is 0.255 e. The second-order valence-corrected chi connectivity index (χ2v) is 13.4. The van der Waals surface area contributed by atoms with Crippen LogP contribution in [-0.2, 0) is 10.8 Å². The minimum Gasteiger partial charge on any atom is -0.398 e. The van der Waals surface area contributed by atoms with Gasteiger partial charge in [-0.05, 0) is 114 Å². The van der Waals surface area contributed by atoms with Gasteiger partial charge in [-0.1, -0.05) is 97.5 Å². The van der Waals surface area contributed by atoms with E-state index in [0.717, 1.165) is 20.3 Å². The number of hydrogen-bond donors (Lipinski definition) is 2. The maximum Gasteiger partial charge on any atom is 0.255 e. The fourth-order valence-electron chi connectivity index (χ4n) is 3.46. The third-order valence-electron chi connectivity index (χ3n) is 6.02. The van der Waals surface area contributed by atoms with Crippen LogP contribution in [0.1, 0.15) is 80.8 Å². The first-order chi connectivity index (χ1) is 19.1. The molecule has 0 saturated heterocycles. The van der Waals surface area contributed by atoms with Gasteiger partial charge in [0.25, 0.3) is 11.1 Å². The summed E-state index contributed by atoms with van der Waals surface area (Å²) in [6, 6.07) is 30.3. The van der Waals surface area contributed by atoms with E-state index < -0.39 is 5.24 Å². The molecule has 0 fully saturated rings. The van der Waals surface area contributed by atoms with Gasteiger partial charge in [-0.2, -0.15) is 0 Å². The van der Waals surface area contributed by atoms with E-state index in [1.165, 1.54) is 11.1 Å². The maximum absolute atomic E-state index is 12.2. The molecule has 8 heteroatoms. The van der Waals surface area contributed by atoms with Gasteiger partial charge >= 0.3 is 0 Å². The number of nitrogens with two attached hydrogens (primary N) is 1. The molecule has 0 bridgehead atoms. The number of amides is 1. The molecular weight excluding hydrogens is 686 g/mol. The number of nitrogen functional groups attached to an aromatic ring is 1. The number of anilines is 2. The lowest BCUT2D eigenvalue weighted by Crippen LogP contribution is -2.14. The zero-order valence-corrected chi connectivity index (χ0v) is 28.8. The first-order valence-corrected chi connectivity index (χ1v) is 15.0. The van der Waals surface area contributed by atoms with Gasteiger partial charge in [0.05, 0.1) is 5.69 Å². The number of benzene rings is 4. The van der Waals surface area contributed by atoms with Crippen molar-refractivity contribution in [3.63, 3.8) is 0 Å². The van der Waals surface area contributed by atoms with Crippen molar-refractivity contribution >= 4 is 74.4 Å². The number of para-hydroxylation sites is 2. The summed E-state index contributed by atoms with van der Waals surface area (Å²) >= 11 is 12.0. The SMILES string of the molecule is C.CC(C)(C)c1ccc(C(=O)Cl)cc1.CC(C)(C)c1ccc(C(=O)Nc2ccccc2Br)cc1.Nc1ccccc1Br.[B]. The molecule has 0 unspecified atom stereocenters. The van der Waals surface area contributed by atoms with Crippen LogP contribution in [0.2, 0.25) is 0 Å². The van der Waals surface area contributed by atoms with Gasteiger partial charge in [-0.3, -0.25) is 9.59 Å². The van der Waals surface area contributed by atoms with Crippen molar-refractivity contribution in [2.24, 2.45) is 0 Å². The fraction of sp³-hybridized carbons (Fsp3) is 0.257. The summed E-state index contributed by atoms with van der Waals surface area (Å²) in [6.45, 7) is 12.9. The number of nitrogens with one attached hydrogen (secondary N) is 1. The summed E-state index contributed by atoms with van der Waals surface area (Å²) in [6.07, 6.45) is 0. The lowest BCUT2D eigenvalue weighted by molar-refractivity contribution is 0.102. The number of rotatable bonds is 3. The third kappa shape index (κ3) is 13.5. The molecule has 43 heavy (non-hydrogen) atoms. The minimum atomic E-state index is -0.402. The Morgan fingerprint density at radius 2 is 1.05 bits per heavy atom. The Hall–Kier alpha value is -2.87. The Morgan fingerprint density at radius 1 is 0.651 bits per heavy atom. The molecule has 0 aliphatic carbocycles. The van der Waals surface area contributed by atoms with Crippen LogP contribution in [0.25, 0.3) is 0 Å². The van der Waals surface area contributed by atoms with Gasteiger partial charge in [0.2, 0.25) is 0 Å². The van der Waals surface area contributed by atoms with Crippen molar-refractivity contribution in [1.82, 2.24) is 0 Å². The number of halogens is 3. The van der Waals surface area contributed by atoms with Crippen molar-refractivity contribution in [2.75, 3.05) is 11.1 Å². The quantitative estimate of drug-likeness (QED) is 0.125.